The third-order valence-corrected chi connectivity index (χ3v) is 8.18. The minimum Gasteiger partial charge on any atom is -0.458 e. The van der Waals surface area contributed by atoms with Crippen molar-refractivity contribution in [3.63, 3.8) is 0 Å². The van der Waals surface area contributed by atoms with Crippen LogP contribution in [0.2, 0.25) is 0 Å². The number of aromatic nitrogens is 1. The molecule has 0 unspecified atom stereocenters. The minimum atomic E-state index is -1.34. The van der Waals surface area contributed by atoms with Gasteiger partial charge in [0.1, 0.15) is 11.9 Å². The van der Waals surface area contributed by atoms with Gasteiger partial charge in [0.05, 0.1) is 46.9 Å². The highest BCUT2D eigenvalue weighted by Crippen LogP contribution is 2.33. The van der Waals surface area contributed by atoms with Crippen LogP contribution in [-0.2, 0) is 14.3 Å². The van der Waals surface area contributed by atoms with Crippen molar-refractivity contribution in [1.82, 2.24) is 4.98 Å². The Hall–Kier alpha value is -2.30. The number of cyclic esters (lactones) is 1. The number of Topliss-reactive ketones (excluding diaryl/α,β-unsaturated/α-hetero) is 1. The molecule has 2 rings (SSSR count). The Labute approximate surface area is 222 Å². The molecule has 0 amide bonds. The average Bonchev–Trinajstić information content (AvgIpc) is 3.24. The van der Waals surface area contributed by atoms with E-state index in [9.17, 15) is 24.9 Å². The number of carbonyl (C=O) groups is 2. The molecular formula is C26H40N4O6S. The van der Waals surface area contributed by atoms with Crippen molar-refractivity contribution >= 4 is 29.2 Å². The molecule has 1 aliphatic heterocycles. The quantitative estimate of drug-likeness (QED) is 0.223. The Balaban J connectivity index is 2.43. The SMILES string of the molecule is CC(=Cc1csc(C)n1)[C@H]1C[C@@H](N=[N+]=[N-])[C@H](O)CCC[C@@H](C)[C@@H](O)[C@H](C)C(=O)C(C)(C)[C@@H](O)CC(=O)O1. The zero-order chi connectivity index (χ0) is 27.9. The van der Waals surface area contributed by atoms with E-state index in [-0.39, 0.29) is 18.1 Å². The fourth-order valence-corrected chi connectivity index (χ4v) is 5.27. The number of hydrogen-bond acceptors (Lipinski definition) is 9. The van der Waals surface area contributed by atoms with Gasteiger partial charge in [0.15, 0.2) is 0 Å². The standard InChI is InChI=1S/C26H40N4O6S/c1-14-8-7-9-20(31)19(29-30-27)11-21(15(2)10-18-13-37-17(4)28-18)36-23(33)12-22(32)26(5,6)25(35)16(3)24(14)34/h10,13-14,16,19-22,24,31-32,34H,7-9,11-12H2,1-6H3/t14-,16+,19-,20-,21-,22+,24-/m1/s1. The zero-order valence-electron chi connectivity index (χ0n) is 22.5. The van der Waals surface area contributed by atoms with E-state index in [4.69, 9.17) is 10.3 Å². The summed E-state index contributed by atoms with van der Waals surface area (Å²) in [7, 11) is 0. The van der Waals surface area contributed by atoms with Crippen LogP contribution >= 0.6 is 11.3 Å². The van der Waals surface area contributed by atoms with E-state index in [2.05, 4.69) is 15.0 Å². The molecule has 0 saturated carbocycles. The Kier molecular flexibility index (Phi) is 11.3. The Bertz CT molecular complexity index is 1020. The number of rotatable bonds is 3. The molecular weight excluding hydrogens is 496 g/mol. The lowest BCUT2D eigenvalue weighted by Gasteiger charge is -2.35. The Morgan fingerprint density at radius 1 is 1.27 bits per heavy atom. The van der Waals surface area contributed by atoms with Crippen LogP contribution in [0.25, 0.3) is 16.5 Å². The van der Waals surface area contributed by atoms with Crippen molar-refractivity contribution in [2.45, 2.75) is 104 Å². The van der Waals surface area contributed by atoms with Crippen molar-refractivity contribution in [2.24, 2.45) is 22.4 Å². The normalized spacial score (nSPS) is 32.9. The molecule has 1 aromatic heterocycles. The summed E-state index contributed by atoms with van der Waals surface area (Å²) in [5, 5.41) is 39.0. The molecule has 0 aromatic carbocycles. The number of hydrogen-bond donors (Lipinski definition) is 3. The Morgan fingerprint density at radius 2 is 1.95 bits per heavy atom. The summed E-state index contributed by atoms with van der Waals surface area (Å²) in [5.74, 6) is -2.07. The molecule has 0 radical (unpaired) electrons. The van der Waals surface area contributed by atoms with E-state index in [1.54, 1.807) is 33.8 Å². The predicted molar refractivity (Wildman–Crippen MR) is 142 cm³/mol. The largest absolute Gasteiger partial charge is 0.458 e. The molecule has 0 aliphatic carbocycles. The van der Waals surface area contributed by atoms with E-state index < -0.39 is 54.2 Å². The van der Waals surface area contributed by atoms with Gasteiger partial charge in [-0.25, -0.2) is 4.98 Å². The summed E-state index contributed by atoms with van der Waals surface area (Å²) in [6, 6.07) is -0.863. The third kappa shape index (κ3) is 8.35. The molecule has 7 atom stereocenters. The number of azide groups is 1. The summed E-state index contributed by atoms with van der Waals surface area (Å²) < 4.78 is 5.73. The van der Waals surface area contributed by atoms with Crippen LogP contribution in [0.4, 0.5) is 0 Å². The predicted octanol–water partition coefficient (Wildman–Crippen LogP) is 4.36. The summed E-state index contributed by atoms with van der Waals surface area (Å²) in [5.41, 5.74) is 9.17. The summed E-state index contributed by atoms with van der Waals surface area (Å²) in [4.78, 5) is 33.5. The van der Waals surface area contributed by atoms with E-state index in [1.165, 1.54) is 11.3 Å². The van der Waals surface area contributed by atoms with Gasteiger partial charge in [-0.15, -0.1) is 11.3 Å². The van der Waals surface area contributed by atoms with Crippen LogP contribution in [0.5, 0.6) is 0 Å². The van der Waals surface area contributed by atoms with E-state index >= 15 is 0 Å². The molecule has 1 fully saturated rings. The number of carbonyl (C=O) groups excluding carboxylic acids is 2. The van der Waals surface area contributed by atoms with Gasteiger partial charge >= 0.3 is 5.97 Å². The summed E-state index contributed by atoms with van der Waals surface area (Å²) in [6.07, 6.45) is -1.38. The summed E-state index contributed by atoms with van der Waals surface area (Å²) >= 11 is 1.48. The van der Waals surface area contributed by atoms with Crippen molar-refractivity contribution in [2.75, 3.05) is 0 Å². The van der Waals surface area contributed by atoms with E-state index in [1.807, 2.05) is 19.2 Å². The average molecular weight is 537 g/mol. The van der Waals surface area contributed by atoms with Gasteiger partial charge in [0.25, 0.3) is 0 Å². The lowest BCUT2D eigenvalue weighted by atomic mass is 9.73. The lowest BCUT2D eigenvalue weighted by Crippen LogP contribution is -2.46. The van der Waals surface area contributed by atoms with Gasteiger partial charge in [-0.2, -0.15) is 0 Å². The van der Waals surface area contributed by atoms with Crippen molar-refractivity contribution in [3.8, 4) is 0 Å². The van der Waals surface area contributed by atoms with E-state index in [0.717, 1.165) is 5.01 Å². The lowest BCUT2D eigenvalue weighted by molar-refractivity contribution is -0.154. The fourth-order valence-electron chi connectivity index (χ4n) is 4.70. The van der Waals surface area contributed by atoms with Gasteiger partial charge in [-0.05, 0) is 56.2 Å². The van der Waals surface area contributed by atoms with E-state index in [0.29, 0.717) is 30.5 Å². The van der Waals surface area contributed by atoms with Crippen LogP contribution in [-0.4, -0.2) is 62.5 Å². The van der Waals surface area contributed by atoms with Gasteiger partial charge in [0.2, 0.25) is 0 Å². The number of aliphatic hydroxyl groups is 3. The van der Waals surface area contributed by atoms with Crippen molar-refractivity contribution < 1.29 is 29.6 Å². The number of esters is 1. The summed E-state index contributed by atoms with van der Waals surface area (Å²) in [6.45, 7) is 10.2. The Morgan fingerprint density at radius 3 is 2.54 bits per heavy atom. The van der Waals surface area contributed by atoms with Crippen LogP contribution in [0.3, 0.4) is 0 Å². The van der Waals surface area contributed by atoms with Crippen LogP contribution in [0.15, 0.2) is 16.1 Å². The topological polar surface area (TPSA) is 166 Å². The maximum atomic E-state index is 13.2. The van der Waals surface area contributed by atoms with Crippen molar-refractivity contribution in [1.29, 1.82) is 0 Å². The first kappa shape index (κ1) is 30.9. The monoisotopic (exact) mass is 536 g/mol. The zero-order valence-corrected chi connectivity index (χ0v) is 23.3. The molecule has 0 spiro atoms. The molecule has 2 heterocycles. The number of thiazole rings is 1. The number of nitrogens with zero attached hydrogens (tertiary/aromatic N) is 4. The molecule has 3 N–H and O–H groups in total. The molecule has 1 saturated heterocycles. The highest BCUT2D eigenvalue weighted by molar-refractivity contribution is 7.09. The molecule has 37 heavy (non-hydrogen) atoms. The van der Waals surface area contributed by atoms with Crippen LogP contribution < -0.4 is 0 Å². The smallest absolute Gasteiger partial charge is 0.309 e. The minimum absolute atomic E-state index is 0.0377. The van der Waals surface area contributed by atoms with Gasteiger partial charge in [-0.1, -0.05) is 39.2 Å². The van der Waals surface area contributed by atoms with Gasteiger partial charge < -0.3 is 20.1 Å². The number of aryl methyl sites for hydroxylation is 1. The van der Waals surface area contributed by atoms with Crippen LogP contribution in [0.1, 0.15) is 77.4 Å². The second kappa shape index (κ2) is 13.5. The molecule has 11 heteroatoms. The third-order valence-electron chi connectivity index (χ3n) is 7.39. The highest BCUT2D eigenvalue weighted by Gasteiger charge is 2.42. The number of ketones is 1. The fraction of sp³-hybridized carbons (Fsp3) is 0.731. The van der Waals surface area contributed by atoms with Crippen LogP contribution in [0, 0.1) is 24.2 Å². The molecule has 10 nitrogen and oxygen atoms in total. The maximum absolute atomic E-state index is 13.2. The first-order valence-electron chi connectivity index (χ1n) is 12.7. The first-order chi connectivity index (χ1) is 17.3. The maximum Gasteiger partial charge on any atom is 0.309 e. The number of ether oxygens (including phenoxy) is 1. The molecule has 1 aliphatic rings. The van der Waals surface area contributed by atoms with Gasteiger partial charge in [0, 0.05) is 16.2 Å². The van der Waals surface area contributed by atoms with Gasteiger partial charge in [-0.3, -0.25) is 9.59 Å². The molecule has 0 bridgehead atoms. The second-order valence-electron chi connectivity index (χ2n) is 10.7. The second-order valence-corrected chi connectivity index (χ2v) is 11.8. The highest BCUT2D eigenvalue weighted by atomic mass is 32.1. The molecule has 206 valence electrons. The van der Waals surface area contributed by atoms with Crippen molar-refractivity contribution in [3.05, 3.63) is 32.1 Å². The first-order valence-corrected chi connectivity index (χ1v) is 13.6. The number of aliphatic hydroxyl groups excluding tert-OH is 3. The molecule has 1 aromatic rings.